The molecule has 0 atom stereocenters. The summed E-state index contributed by atoms with van der Waals surface area (Å²) in [6.45, 7) is 4.84. The largest absolute Gasteiger partial charge is 0.310 e. The first-order chi connectivity index (χ1) is 9.87. The van der Waals surface area contributed by atoms with Crippen molar-refractivity contribution in [2.45, 2.75) is 31.3 Å². The topological polar surface area (TPSA) is 71.1 Å². The van der Waals surface area contributed by atoms with E-state index in [1.807, 2.05) is 12.1 Å². The first-order valence-corrected chi connectivity index (χ1v) is 9.42. The van der Waals surface area contributed by atoms with Gasteiger partial charge in [-0.1, -0.05) is 37.3 Å². The van der Waals surface area contributed by atoms with Crippen LogP contribution in [0.15, 0.2) is 39.1 Å². The van der Waals surface area contributed by atoms with Gasteiger partial charge in [0.05, 0.1) is 14.9 Å². The van der Waals surface area contributed by atoms with Crippen LogP contribution in [0, 0.1) is 0 Å². The molecule has 2 aromatic rings. The van der Waals surface area contributed by atoms with Crippen LogP contribution in [-0.4, -0.2) is 19.4 Å². The lowest BCUT2D eigenvalue weighted by Crippen LogP contribution is -2.21. The highest BCUT2D eigenvalue weighted by molar-refractivity contribution is 9.11. The van der Waals surface area contributed by atoms with E-state index in [0.29, 0.717) is 17.7 Å². The van der Waals surface area contributed by atoms with Gasteiger partial charge in [0.2, 0.25) is 0 Å². The molecule has 5 nitrogen and oxygen atoms in total. The number of halogens is 1. The molecule has 0 aliphatic heterocycles. The molecule has 0 unspecified atom stereocenters. The predicted molar refractivity (Wildman–Crippen MR) is 89.0 cm³/mol. The summed E-state index contributed by atoms with van der Waals surface area (Å²) in [7, 11) is -3.59. The Morgan fingerprint density at radius 1 is 1.29 bits per heavy atom. The Morgan fingerprint density at radius 2 is 1.95 bits per heavy atom. The van der Waals surface area contributed by atoms with Crippen molar-refractivity contribution in [2.24, 2.45) is 0 Å². The lowest BCUT2D eigenvalue weighted by atomic mass is 10.2. The summed E-state index contributed by atoms with van der Waals surface area (Å²) in [6, 6.07) is 7.20. The fraction of sp³-hybridized carbons (Fsp3) is 0.308. The number of nitrogens with zero attached hydrogens (tertiary/aromatic N) is 1. The average Bonchev–Trinajstić information content (AvgIpc) is 2.81. The highest BCUT2D eigenvalue weighted by Crippen LogP contribution is 2.25. The van der Waals surface area contributed by atoms with Gasteiger partial charge in [0.15, 0.2) is 5.13 Å². The third kappa shape index (κ3) is 4.77. The fourth-order valence-electron chi connectivity index (χ4n) is 1.58. The monoisotopic (exact) mass is 389 g/mol. The number of rotatable bonds is 6. The van der Waals surface area contributed by atoms with Gasteiger partial charge in [0, 0.05) is 12.6 Å². The van der Waals surface area contributed by atoms with E-state index in [-0.39, 0.29) is 4.90 Å². The molecule has 21 heavy (non-hydrogen) atoms. The second kappa shape index (κ2) is 6.87. The van der Waals surface area contributed by atoms with E-state index in [9.17, 15) is 8.42 Å². The van der Waals surface area contributed by atoms with Crippen LogP contribution in [0.4, 0.5) is 5.13 Å². The highest BCUT2D eigenvalue weighted by Gasteiger charge is 2.15. The van der Waals surface area contributed by atoms with Crippen molar-refractivity contribution >= 4 is 42.4 Å². The van der Waals surface area contributed by atoms with E-state index < -0.39 is 10.0 Å². The third-order valence-electron chi connectivity index (χ3n) is 2.65. The third-order valence-corrected chi connectivity index (χ3v) is 5.52. The molecule has 1 aromatic carbocycles. The molecule has 0 amide bonds. The number of hydrogen-bond donors (Lipinski definition) is 2. The Balaban J connectivity index is 2.09. The molecule has 1 aromatic heterocycles. The van der Waals surface area contributed by atoms with Crippen molar-refractivity contribution in [1.82, 2.24) is 10.3 Å². The molecule has 0 aliphatic carbocycles. The average molecular weight is 390 g/mol. The van der Waals surface area contributed by atoms with E-state index in [1.54, 1.807) is 18.3 Å². The molecule has 0 fully saturated rings. The van der Waals surface area contributed by atoms with Gasteiger partial charge in [-0.25, -0.2) is 13.4 Å². The van der Waals surface area contributed by atoms with Crippen LogP contribution in [0.2, 0.25) is 0 Å². The molecule has 8 heteroatoms. The summed E-state index contributed by atoms with van der Waals surface area (Å²) in [6.07, 6.45) is 1.56. The van der Waals surface area contributed by atoms with Crippen LogP contribution < -0.4 is 10.0 Å². The lowest BCUT2D eigenvalue weighted by Gasteiger charge is -2.09. The van der Waals surface area contributed by atoms with Crippen LogP contribution >= 0.6 is 27.3 Å². The SMILES string of the molecule is CC(C)NCc1ccc(S(=O)(=O)Nc2ncc(Br)s2)cc1. The summed E-state index contributed by atoms with van der Waals surface area (Å²) < 4.78 is 27.7. The number of benzene rings is 1. The Bertz CT molecular complexity index is 696. The van der Waals surface area contributed by atoms with E-state index >= 15 is 0 Å². The lowest BCUT2D eigenvalue weighted by molar-refractivity contribution is 0.588. The molecule has 2 N–H and O–H groups in total. The van der Waals surface area contributed by atoms with Gasteiger partial charge < -0.3 is 5.32 Å². The normalized spacial score (nSPS) is 11.8. The molecular formula is C13H16BrN3O2S2. The molecule has 2 rings (SSSR count). The minimum absolute atomic E-state index is 0.224. The van der Waals surface area contributed by atoms with Crippen molar-refractivity contribution in [3.05, 3.63) is 39.8 Å². The van der Waals surface area contributed by atoms with Gasteiger partial charge >= 0.3 is 0 Å². The minimum atomic E-state index is -3.59. The zero-order valence-corrected chi connectivity index (χ0v) is 14.8. The molecule has 0 saturated carbocycles. The highest BCUT2D eigenvalue weighted by atomic mass is 79.9. The minimum Gasteiger partial charge on any atom is -0.310 e. The molecule has 0 radical (unpaired) electrons. The Labute approximate surface area is 137 Å². The van der Waals surface area contributed by atoms with Crippen molar-refractivity contribution in [3.63, 3.8) is 0 Å². The number of aromatic nitrogens is 1. The van der Waals surface area contributed by atoms with Gasteiger partial charge in [0.25, 0.3) is 10.0 Å². The zero-order chi connectivity index (χ0) is 15.5. The van der Waals surface area contributed by atoms with E-state index in [1.165, 1.54) is 11.3 Å². The number of sulfonamides is 1. The quantitative estimate of drug-likeness (QED) is 0.795. The van der Waals surface area contributed by atoms with Gasteiger partial charge in [-0.3, -0.25) is 4.72 Å². The van der Waals surface area contributed by atoms with Crippen LogP contribution in [0.5, 0.6) is 0 Å². The summed E-state index contributed by atoms with van der Waals surface area (Å²) in [5, 5.41) is 3.62. The number of anilines is 1. The van der Waals surface area contributed by atoms with Crippen LogP contribution in [0.25, 0.3) is 0 Å². The Morgan fingerprint density at radius 3 is 2.48 bits per heavy atom. The zero-order valence-electron chi connectivity index (χ0n) is 11.6. The number of hydrogen-bond acceptors (Lipinski definition) is 5. The van der Waals surface area contributed by atoms with Crippen LogP contribution in [0.1, 0.15) is 19.4 Å². The van der Waals surface area contributed by atoms with Crippen molar-refractivity contribution in [2.75, 3.05) is 4.72 Å². The maximum Gasteiger partial charge on any atom is 0.263 e. The van der Waals surface area contributed by atoms with Crippen LogP contribution in [0.3, 0.4) is 0 Å². The van der Waals surface area contributed by atoms with Gasteiger partial charge in [-0.2, -0.15) is 0 Å². The van der Waals surface area contributed by atoms with Crippen LogP contribution in [-0.2, 0) is 16.6 Å². The summed E-state index contributed by atoms with van der Waals surface area (Å²) >= 11 is 4.48. The second-order valence-corrected chi connectivity index (χ2v) is 8.85. The Kier molecular flexibility index (Phi) is 5.37. The Hall–Kier alpha value is -0.960. The van der Waals surface area contributed by atoms with E-state index in [4.69, 9.17) is 0 Å². The van der Waals surface area contributed by atoms with E-state index in [0.717, 1.165) is 9.35 Å². The summed E-state index contributed by atoms with van der Waals surface area (Å²) in [4.78, 5) is 4.19. The van der Waals surface area contributed by atoms with Crippen molar-refractivity contribution < 1.29 is 8.42 Å². The second-order valence-electron chi connectivity index (χ2n) is 4.75. The first kappa shape index (κ1) is 16.4. The summed E-state index contributed by atoms with van der Waals surface area (Å²) in [5.41, 5.74) is 1.04. The van der Waals surface area contributed by atoms with Crippen molar-refractivity contribution in [1.29, 1.82) is 0 Å². The van der Waals surface area contributed by atoms with Gasteiger partial charge in [-0.15, -0.1) is 0 Å². The molecule has 0 saturated heterocycles. The van der Waals surface area contributed by atoms with Gasteiger partial charge in [0.1, 0.15) is 0 Å². The standard InChI is InChI=1S/C13H16BrN3O2S2/c1-9(2)15-7-10-3-5-11(6-4-10)21(18,19)17-13-16-8-12(14)20-13/h3-6,8-9,15H,7H2,1-2H3,(H,16,17). The maximum absolute atomic E-state index is 12.2. The molecule has 0 aliphatic rings. The molecule has 0 spiro atoms. The molecule has 114 valence electrons. The van der Waals surface area contributed by atoms with Gasteiger partial charge in [-0.05, 0) is 33.6 Å². The predicted octanol–water partition coefficient (Wildman–Crippen LogP) is 3.20. The molecular weight excluding hydrogens is 374 g/mol. The smallest absolute Gasteiger partial charge is 0.263 e. The van der Waals surface area contributed by atoms with E-state index in [2.05, 4.69) is 44.8 Å². The molecule has 1 heterocycles. The maximum atomic E-state index is 12.2. The summed E-state index contributed by atoms with van der Waals surface area (Å²) in [5.74, 6) is 0. The molecule has 0 bridgehead atoms. The number of nitrogens with one attached hydrogen (secondary N) is 2. The number of thiazole rings is 1. The first-order valence-electron chi connectivity index (χ1n) is 6.33. The van der Waals surface area contributed by atoms with Crippen molar-refractivity contribution in [3.8, 4) is 0 Å². The fourth-order valence-corrected chi connectivity index (χ4v) is 3.93.